The highest BCUT2D eigenvalue weighted by Gasteiger charge is 2.42. The Bertz CT molecular complexity index is 550. The summed E-state index contributed by atoms with van der Waals surface area (Å²) in [6, 6.07) is -0.865. The lowest BCUT2D eigenvalue weighted by molar-refractivity contribution is -0.114. The number of nitrogens with zero attached hydrogens (tertiary/aromatic N) is 1. The van der Waals surface area contributed by atoms with Crippen LogP contribution in [0, 0.1) is 5.92 Å². The van der Waals surface area contributed by atoms with Gasteiger partial charge in [0.05, 0.1) is 5.75 Å². The SMILES string of the molecule is C=CCS(=O)(=O)N1CCC2CC=CC=C2C1C(=O)Cl. The van der Waals surface area contributed by atoms with E-state index in [0.29, 0.717) is 13.0 Å². The summed E-state index contributed by atoms with van der Waals surface area (Å²) in [7, 11) is -3.53. The monoisotopic (exact) mass is 301 g/mol. The van der Waals surface area contributed by atoms with E-state index in [0.717, 1.165) is 12.0 Å². The van der Waals surface area contributed by atoms with Gasteiger partial charge >= 0.3 is 0 Å². The summed E-state index contributed by atoms with van der Waals surface area (Å²) in [5.74, 6) is 0.0365. The molecule has 2 rings (SSSR count). The quantitative estimate of drug-likeness (QED) is 0.588. The van der Waals surface area contributed by atoms with Crippen LogP contribution in [0.1, 0.15) is 12.8 Å². The molecule has 0 aromatic heterocycles. The predicted molar refractivity (Wildman–Crippen MR) is 75.3 cm³/mol. The maximum atomic E-state index is 12.2. The molecule has 1 aliphatic carbocycles. The lowest BCUT2D eigenvalue weighted by atomic mass is 9.82. The first kappa shape index (κ1) is 14.5. The van der Waals surface area contributed by atoms with Crippen molar-refractivity contribution in [2.24, 2.45) is 5.92 Å². The number of piperidine rings is 1. The van der Waals surface area contributed by atoms with E-state index in [2.05, 4.69) is 6.58 Å². The van der Waals surface area contributed by atoms with Gasteiger partial charge in [0, 0.05) is 6.54 Å². The van der Waals surface area contributed by atoms with Crippen LogP contribution in [0.15, 0.2) is 36.5 Å². The summed E-state index contributed by atoms with van der Waals surface area (Å²) in [4.78, 5) is 11.7. The van der Waals surface area contributed by atoms with Gasteiger partial charge < -0.3 is 0 Å². The molecule has 1 aliphatic heterocycles. The molecule has 4 nitrogen and oxygen atoms in total. The number of carbonyl (C=O) groups excluding carboxylic acids is 1. The maximum Gasteiger partial charge on any atom is 0.244 e. The molecular formula is C13H16ClNO3S. The minimum atomic E-state index is -3.53. The van der Waals surface area contributed by atoms with Crippen molar-refractivity contribution < 1.29 is 13.2 Å². The van der Waals surface area contributed by atoms with Crippen molar-refractivity contribution in [3.05, 3.63) is 36.5 Å². The fourth-order valence-electron chi connectivity index (χ4n) is 2.66. The van der Waals surface area contributed by atoms with Crippen molar-refractivity contribution in [1.82, 2.24) is 4.31 Å². The van der Waals surface area contributed by atoms with E-state index in [1.54, 1.807) is 0 Å². The van der Waals surface area contributed by atoms with Gasteiger partial charge in [-0.25, -0.2) is 8.42 Å². The third kappa shape index (κ3) is 2.83. The first-order valence-electron chi connectivity index (χ1n) is 6.13. The van der Waals surface area contributed by atoms with E-state index in [4.69, 9.17) is 11.6 Å². The highest BCUT2D eigenvalue weighted by molar-refractivity contribution is 7.89. The van der Waals surface area contributed by atoms with Crippen LogP contribution < -0.4 is 0 Å². The summed E-state index contributed by atoms with van der Waals surface area (Å²) in [6.45, 7) is 3.77. The molecule has 19 heavy (non-hydrogen) atoms. The van der Waals surface area contributed by atoms with Crippen molar-refractivity contribution >= 4 is 26.9 Å². The number of rotatable bonds is 4. The molecule has 0 amide bonds. The zero-order chi connectivity index (χ0) is 14.0. The van der Waals surface area contributed by atoms with E-state index in [1.165, 1.54) is 10.4 Å². The van der Waals surface area contributed by atoms with Crippen LogP contribution in [0.4, 0.5) is 0 Å². The average Bonchev–Trinajstić information content (AvgIpc) is 2.37. The summed E-state index contributed by atoms with van der Waals surface area (Å²) in [5, 5.41) is -0.640. The zero-order valence-electron chi connectivity index (χ0n) is 10.5. The van der Waals surface area contributed by atoms with Crippen LogP contribution in [0.5, 0.6) is 0 Å². The lowest BCUT2D eigenvalue weighted by Crippen LogP contribution is -2.51. The Hall–Kier alpha value is -0.910. The van der Waals surface area contributed by atoms with Gasteiger partial charge in [-0.15, -0.1) is 6.58 Å². The van der Waals surface area contributed by atoms with Gasteiger partial charge in [-0.2, -0.15) is 4.31 Å². The minimum Gasteiger partial charge on any atom is -0.279 e. The van der Waals surface area contributed by atoms with Gasteiger partial charge in [0.1, 0.15) is 6.04 Å². The van der Waals surface area contributed by atoms with E-state index >= 15 is 0 Å². The van der Waals surface area contributed by atoms with Crippen molar-refractivity contribution in [2.75, 3.05) is 12.3 Å². The van der Waals surface area contributed by atoms with Crippen LogP contribution >= 0.6 is 11.6 Å². The summed E-state index contributed by atoms with van der Waals surface area (Å²) < 4.78 is 25.6. The Morgan fingerprint density at radius 1 is 1.58 bits per heavy atom. The standard InChI is InChI=1S/C13H16ClNO3S/c1-2-9-19(17,18)15-8-7-10-5-3-4-6-11(10)12(15)13(14)16/h2-4,6,10,12H,1,5,7-9H2. The van der Waals surface area contributed by atoms with Crippen LogP contribution in [0.3, 0.4) is 0 Å². The molecule has 0 N–H and O–H groups in total. The van der Waals surface area contributed by atoms with Gasteiger partial charge in [0.2, 0.25) is 15.3 Å². The molecule has 1 fully saturated rings. The number of hydrogen-bond donors (Lipinski definition) is 0. The van der Waals surface area contributed by atoms with Crippen molar-refractivity contribution in [2.45, 2.75) is 18.9 Å². The Labute approximate surface area is 118 Å². The highest BCUT2D eigenvalue weighted by atomic mass is 35.5. The number of fused-ring (bicyclic) bond motifs is 1. The molecule has 104 valence electrons. The molecular weight excluding hydrogens is 286 g/mol. The normalized spacial score (nSPS) is 27.5. The highest BCUT2D eigenvalue weighted by Crippen LogP contribution is 2.36. The number of halogens is 1. The number of allylic oxidation sites excluding steroid dienone is 3. The Morgan fingerprint density at radius 3 is 2.95 bits per heavy atom. The third-order valence-corrected chi connectivity index (χ3v) is 5.49. The summed E-state index contributed by atoms with van der Waals surface area (Å²) in [6.07, 6.45) is 8.57. The van der Waals surface area contributed by atoms with Crippen LogP contribution in [0.2, 0.25) is 0 Å². The van der Waals surface area contributed by atoms with Crippen molar-refractivity contribution in [1.29, 1.82) is 0 Å². The second-order valence-electron chi connectivity index (χ2n) is 4.70. The molecule has 0 bridgehead atoms. The number of hydrogen-bond acceptors (Lipinski definition) is 3. The van der Waals surface area contributed by atoms with Gasteiger partial charge in [-0.1, -0.05) is 24.3 Å². The van der Waals surface area contributed by atoms with Crippen molar-refractivity contribution in [3.63, 3.8) is 0 Å². The second kappa shape index (κ2) is 5.61. The van der Waals surface area contributed by atoms with E-state index < -0.39 is 21.3 Å². The molecule has 1 saturated heterocycles. The van der Waals surface area contributed by atoms with Crippen molar-refractivity contribution in [3.8, 4) is 0 Å². The first-order chi connectivity index (χ1) is 8.97. The summed E-state index contributed by atoms with van der Waals surface area (Å²) in [5.41, 5.74) is 0.807. The maximum absolute atomic E-state index is 12.2. The molecule has 0 radical (unpaired) electrons. The molecule has 6 heteroatoms. The largest absolute Gasteiger partial charge is 0.279 e. The smallest absolute Gasteiger partial charge is 0.244 e. The van der Waals surface area contributed by atoms with Gasteiger partial charge in [0.25, 0.3) is 0 Å². The van der Waals surface area contributed by atoms with E-state index in [9.17, 15) is 13.2 Å². The lowest BCUT2D eigenvalue weighted by Gasteiger charge is -2.39. The average molecular weight is 302 g/mol. The molecule has 0 aromatic carbocycles. The van der Waals surface area contributed by atoms with E-state index in [1.807, 2.05) is 18.2 Å². The molecule has 2 aliphatic rings. The molecule has 0 spiro atoms. The van der Waals surface area contributed by atoms with Gasteiger partial charge in [0.15, 0.2) is 0 Å². The Kier molecular flexibility index (Phi) is 4.28. The first-order valence-corrected chi connectivity index (χ1v) is 8.12. The molecule has 2 atom stereocenters. The number of carbonyl (C=O) groups is 1. The predicted octanol–water partition coefficient (Wildman–Crippen LogP) is 1.84. The van der Waals surface area contributed by atoms with Crippen LogP contribution in [-0.4, -0.2) is 36.3 Å². The van der Waals surface area contributed by atoms with Gasteiger partial charge in [-0.3, -0.25) is 4.79 Å². The topological polar surface area (TPSA) is 54.5 Å². The van der Waals surface area contributed by atoms with E-state index in [-0.39, 0.29) is 11.7 Å². The Morgan fingerprint density at radius 2 is 2.32 bits per heavy atom. The zero-order valence-corrected chi connectivity index (χ0v) is 12.0. The minimum absolute atomic E-state index is 0.179. The molecule has 0 saturated carbocycles. The second-order valence-corrected chi connectivity index (χ2v) is 7.04. The number of sulfonamides is 1. The fraction of sp³-hybridized carbons (Fsp3) is 0.462. The van der Waals surface area contributed by atoms with Crippen LogP contribution in [-0.2, 0) is 14.8 Å². The molecule has 1 heterocycles. The molecule has 0 aromatic rings. The summed E-state index contributed by atoms with van der Waals surface area (Å²) >= 11 is 5.64. The fourth-order valence-corrected chi connectivity index (χ4v) is 4.37. The third-order valence-electron chi connectivity index (χ3n) is 3.52. The van der Waals surface area contributed by atoms with Crippen LogP contribution in [0.25, 0.3) is 0 Å². The van der Waals surface area contributed by atoms with Gasteiger partial charge in [-0.05, 0) is 35.9 Å². The Balaban J connectivity index is 2.40. The molecule has 2 unspecified atom stereocenters.